The second-order valence-corrected chi connectivity index (χ2v) is 5.96. The minimum atomic E-state index is -0.466. The van der Waals surface area contributed by atoms with Crippen molar-refractivity contribution in [1.29, 1.82) is 0 Å². The summed E-state index contributed by atoms with van der Waals surface area (Å²) in [5.41, 5.74) is 11.5. The SMILES string of the molecule is NC(N)=NC(=O)[C@@H]1C2C=CC(C2)[C@H]1c1ccc(F)c(Cl)c1. The average Bonchev–Trinajstić information content (AvgIpc) is 3.01. The fourth-order valence-corrected chi connectivity index (χ4v) is 3.72. The summed E-state index contributed by atoms with van der Waals surface area (Å²) < 4.78 is 13.3. The molecule has 1 fully saturated rings. The molecule has 0 spiro atoms. The van der Waals surface area contributed by atoms with Gasteiger partial charge in [-0.15, -0.1) is 0 Å². The van der Waals surface area contributed by atoms with E-state index in [0.717, 1.165) is 12.0 Å². The predicted molar refractivity (Wildman–Crippen MR) is 79.2 cm³/mol. The number of fused-ring (bicyclic) bond motifs is 2. The molecule has 2 aliphatic rings. The van der Waals surface area contributed by atoms with Gasteiger partial charge in [0.15, 0.2) is 5.96 Å². The van der Waals surface area contributed by atoms with Gasteiger partial charge in [0.2, 0.25) is 0 Å². The van der Waals surface area contributed by atoms with Crippen molar-refractivity contribution in [3.05, 3.63) is 46.8 Å². The molecule has 110 valence electrons. The van der Waals surface area contributed by atoms with Crippen LogP contribution < -0.4 is 11.5 Å². The lowest BCUT2D eigenvalue weighted by Crippen LogP contribution is -2.30. The van der Waals surface area contributed by atoms with Crippen LogP contribution in [0.1, 0.15) is 17.9 Å². The van der Waals surface area contributed by atoms with E-state index in [-0.39, 0.29) is 40.6 Å². The first-order chi connectivity index (χ1) is 9.97. The van der Waals surface area contributed by atoms with Crippen molar-refractivity contribution >= 4 is 23.5 Å². The van der Waals surface area contributed by atoms with Crippen LogP contribution in [0.5, 0.6) is 0 Å². The number of carbonyl (C=O) groups is 1. The number of nitrogens with two attached hydrogens (primary N) is 2. The lowest BCUT2D eigenvalue weighted by molar-refractivity contribution is -0.122. The average molecular weight is 308 g/mol. The fourth-order valence-electron chi connectivity index (χ4n) is 3.53. The third-order valence-corrected chi connectivity index (χ3v) is 4.60. The molecule has 1 saturated carbocycles. The van der Waals surface area contributed by atoms with Crippen LogP contribution in [0, 0.1) is 23.6 Å². The second kappa shape index (κ2) is 5.15. The third-order valence-electron chi connectivity index (χ3n) is 4.31. The van der Waals surface area contributed by atoms with Gasteiger partial charge in [-0.2, -0.15) is 4.99 Å². The minimum Gasteiger partial charge on any atom is -0.370 e. The second-order valence-electron chi connectivity index (χ2n) is 5.55. The molecule has 2 unspecified atom stereocenters. The minimum absolute atomic E-state index is 0.0614. The van der Waals surface area contributed by atoms with E-state index in [9.17, 15) is 9.18 Å². The lowest BCUT2D eigenvalue weighted by Gasteiger charge is -2.26. The molecule has 0 radical (unpaired) electrons. The highest BCUT2D eigenvalue weighted by molar-refractivity contribution is 6.30. The van der Waals surface area contributed by atoms with Crippen LogP contribution in [0.15, 0.2) is 35.3 Å². The van der Waals surface area contributed by atoms with Crippen molar-refractivity contribution in [2.45, 2.75) is 12.3 Å². The van der Waals surface area contributed by atoms with E-state index >= 15 is 0 Å². The molecule has 2 aliphatic carbocycles. The first-order valence-corrected chi connectivity index (χ1v) is 7.12. The highest BCUT2D eigenvalue weighted by Crippen LogP contribution is 2.53. The Morgan fingerprint density at radius 1 is 1.29 bits per heavy atom. The Labute approximate surface area is 126 Å². The van der Waals surface area contributed by atoms with Crippen LogP contribution in [0.25, 0.3) is 0 Å². The van der Waals surface area contributed by atoms with Crippen LogP contribution in [0.3, 0.4) is 0 Å². The number of halogens is 2. The van der Waals surface area contributed by atoms with Gasteiger partial charge in [0, 0.05) is 5.92 Å². The summed E-state index contributed by atoms with van der Waals surface area (Å²) in [7, 11) is 0. The Balaban J connectivity index is 1.99. The zero-order valence-corrected chi connectivity index (χ0v) is 11.9. The van der Waals surface area contributed by atoms with Crippen molar-refractivity contribution in [3.8, 4) is 0 Å². The molecule has 4 N–H and O–H groups in total. The molecule has 0 heterocycles. The Kier molecular flexibility index (Phi) is 3.45. The van der Waals surface area contributed by atoms with E-state index in [4.69, 9.17) is 23.1 Å². The molecule has 1 aromatic rings. The van der Waals surface area contributed by atoms with Crippen molar-refractivity contribution in [1.82, 2.24) is 0 Å². The number of hydrogen-bond donors (Lipinski definition) is 2. The van der Waals surface area contributed by atoms with E-state index < -0.39 is 5.82 Å². The number of nitrogens with zero attached hydrogens (tertiary/aromatic N) is 1. The molecule has 0 aromatic heterocycles. The van der Waals surface area contributed by atoms with Gasteiger partial charge in [0.05, 0.1) is 10.9 Å². The smallest absolute Gasteiger partial charge is 0.253 e. The van der Waals surface area contributed by atoms with Crippen molar-refractivity contribution in [2.24, 2.45) is 34.2 Å². The summed E-state index contributed by atoms with van der Waals surface area (Å²) in [5.74, 6) is -1.04. The monoisotopic (exact) mass is 307 g/mol. The highest BCUT2D eigenvalue weighted by atomic mass is 35.5. The van der Waals surface area contributed by atoms with E-state index in [1.165, 1.54) is 6.07 Å². The topological polar surface area (TPSA) is 81.5 Å². The molecule has 4 nitrogen and oxygen atoms in total. The van der Waals surface area contributed by atoms with Crippen molar-refractivity contribution < 1.29 is 9.18 Å². The summed E-state index contributed by atoms with van der Waals surface area (Å²) in [5, 5.41) is 0.0623. The van der Waals surface area contributed by atoms with Gasteiger partial charge >= 0.3 is 0 Å². The molecule has 6 heteroatoms. The first-order valence-electron chi connectivity index (χ1n) is 6.74. The summed E-state index contributed by atoms with van der Waals surface area (Å²) in [6.07, 6.45) is 5.03. The Bertz CT molecular complexity index is 654. The van der Waals surface area contributed by atoms with Crippen molar-refractivity contribution in [3.63, 3.8) is 0 Å². The van der Waals surface area contributed by atoms with Gasteiger partial charge in [-0.25, -0.2) is 4.39 Å². The molecule has 0 saturated heterocycles. The number of aliphatic imine (C=N–C) groups is 1. The quantitative estimate of drug-likeness (QED) is 0.499. The molecule has 3 rings (SSSR count). The Morgan fingerprint density at radius 2 is 2.00 bits per heavy atom. The van der Waals surface area contributed by atoms with Gasteiger partial charge in [0.25, 0.3) is 5.91 Å². The maximum absolute atomic E-state index is 13.3. The number of guanidine groups is 1. The van der Waals surface area contributed by atoms with Gasteiger partial charge in [-0.1, -0.05) is 29.8 Å². The summed E-state index contributed by atoms with van der Waals surface area (Å²) >= 11 is 5.86. The fraction of sp³-hybridized carbons (Fsp3) is 0.333. The molecule has 1 amide bonds. The first kappa shape index (κ1) is 14.1. The molecule has 0 aliphatic heterocycles. The highest BCUT2D eigenvalue weighted by Gasteiger charge is 2.48. The van der Waals surface area contributed by atoms with Crippen LogP contribution in [0.2, 0.25) is 5.02 Å². The zero-order chi connectivity index (χ0) is 15.1. The van der Waals surface area contributed by atoms with Gasteiger partial charge in [-0.3, -0.25) is 4.79 Å². The molecular formula is C15H15ClFN3O. The molecule has 1 aromatic carbocycles. The summed E-state index contributed by atoms with van der Waals surface area (Å²) in [6.45, 7) is 0. The molecule has 4 atom stereocenters. The van der Waals surface area contributed by atoms with Crippen LogP contribution >= 0.6 is 11.6 Å². The number of rotatable bonds is 2. The van der Waals surface area contributed by atoms with E-state index in [1.54, 1.807) is 12.1 Å². The Hall–Kier alpha value is -1.88. The maximum atomic E-state index is 13.3. The van der Waals surface area contributed by atoms with Gasteiger partial charge in [-0.05, 0) is 36.0 Å². The lowest BCUT2D eigenvalue weighted by atomic mass is 9.78. The molecule has 2 bridgehead atoms. The van der Waals surface area contributed by atoms with Crippen molar-refractivity contribution in [2.75, 3.05) is 0 Å². The number of carbonyl (C=O) groups excluding carboxylic acids is 1. The van der Waals surface area contributed by atoms with Crippen LogP contribution in [-0.2, 0) is 4.79 Å². The summed E-state index contributed by atoms with van der Waals surface area (Å²) in [6, 6.07) is 4.59. The predicted octanol–water partition coefficient (Wildman–Crippen LogP) is 2.18. The normalized spacial score (nSPS) is 29.6. The standard InChI is InChI=1S/C15H15ClFN3O/c16-10-6-9(3-4-11(10)17)12-7-1-2-8(5-7)13(12)14(21)20-15(18)19/h1-4,6-8,12-13H,5H2,(H4,18,19,20,21)/t7?,8?,12-,13+/m0/s1. The largest absolute Gasteiger partial charge is 0.370 e. The molecule has 21 heavy (non-hydrogen) atoms. The van der Waals surface area contributed by atoms with E-state index in [0.29, 0.717) is 0 Å². The van der Waals surface area contributed by atoms with Gasteiger partial charge < -0.3 is 11.5 Å². The number of hydrogen-bond acceptors (Lipinski definition) is 1. The summed E-state index contributed by atoms with van der Waals surface area (Å²) in [4.78, 5) is 16.0. The molecular weight excluding hydrogens is 293 g/mol. The third kappa shape index (κ3) is 2.42. The van der Waals surface area contributed by atoms with Gasteiger partial charge in [0.1, 0.15) is 5.82 Å². The van der Waals surface area contributed by atoms with E-state index in [2.05, 4.69) is 11.1 Å². The van der Waals surface area contributed by atoms with Crippen LogP contribution in [-0.4, -0.2) is 11.9 Å². The van der Waals surface area contributed by atoms with E-state index in [1.807, 2.05) is 6.08 Å². The number of benzene rings is 1. The maximum Gasteiger partial charge on any atom is 0.253 e. The zero-order valence-electron chi connectivity index (χ0n) is 11.2. The Morgan fingerprint density at radius 3 is 2.67 bits per heavy atom. The van der Waals surface area contributed by atoms with Crippen LogP contribution in [0.4, 0.5) is 4.39 Å². The number of allylic oxidation sites excluding steroid dienone is 2. The number of amides is 1.